The van der Waals surface area contributed by atoms with Crippen molar-refractivity contribution in [3.8, 4) is 5.75 Å². The molecular weight excluding hydrogens is 418 g/mol. The molecule has 168 valence electrons. The second-order valence-corrected chi connectivity index (χ2v) is 7.62. The fourth-order valence-corrected chi connectivity index (χ4v) is 3.69. The Kier molecular flexibility index (Phi) is 7.02. The lowest BCUT2D eigenvalue weighted by atomic mass is 10.0. The van der Waals surface area contributed by atoms with Gasteiger partial charge < -0.3 is 25.5 Å². The molecule has 4 aromatic rings. The van der Waals surface area contributed by atoms with Gasteiger partial charge in [0.05, 0.1) is 12.6 Å². The van der Waals surface area contributed by atoms with Crippen LogP contribution in [0, 0.1) is 0 Å². The number of nitrogens with one attached hydrogen (secondary N) is 3. The minimum Gasteiger partial charge on any atom is -0.410 e. The molecule has 0 radical (unpaired) electrons. The Labute approximate surface area is 191 Å². The van der Waals surface area contributed by atoms with Crippen LogP contribution >= 0.6 is 0 Å². The summed E-state index contributed by atoms with van der Waals surface area (Å²) in [6, 6.07) is 24.1. The molecule has 2 atom stereocenters. The van der Waals surface area contributed by atoms with Crippen LogP contribution in [0.4, 0.5) is 4.79 Å². The molecule has 0 bridgehead atoms. The quantitative estimate of drug-likeness (QED) is 0.333. The number of carbonyl (C=O) groups excluding carboxylic acids is 2. The van der Waals surface area contributed by atoms with E-state index in [9.17, 15) is 14.7 Å². The Hall–Kier alpha value is -4.10. The molecule has 7 heteroatoms. The average molecular weight is 444 g/mol. The van der Waals surface area contributed by atoms with Gasteiger partial charge in [-0.15, -0.1) is 0 Å². The Morgan fingerprint density at radius 1 is 0.879 bits per heavy atom. The first-order valence-electron chi connectivity index (χ1n) is 10.7. The van der Waals surface area contributed by atoms with Crippen LogP contribution in [0.25, 0.3) is 10.9 Å². The van der Waals surface area contributed by atoms with Crippen molar-refractivity contribution in [1.82, 2.24) is 15.6 Å². The van der Waals surface area contributed by atoms with Crippen LogP contribution in [0.3, 0.4) is 0 Å². The van der Waals surface area contributed by atoms with Gasteiger partial charge in [-0.05, 0) is 29.3 Å². The lowest BCUT2D eigenvalue weighted by Gasteiger charge is -2.22. The smallest absolute Gasteiger partial charge is 0.410 e. The highest BCUT2D eigenvalue weighted by molar-refractivity contribution is 5.88. The summed E-state index contributed by atoms with van der Waals surface area (Å²) < 4.78 is 5.33. The summed E-state index contributed by atoms with van der Waals surface area (Å²) in [6.07, 6.45) is 1.34. The predicted octanol–water partition coefficient (Wildman–Crippen LogP) is 3.72. The summed E-state index contributed by atoms with van der Waals surface area (Å²) in [5, 5.41) is 16.3. The van der Waals surface area contributed by atoms with E-state index in [4.69, 9.17) is 4.74 Å². The third-order valence-corrected chi connectivity index (χ3v) is 5.36. The van der Waals surface area contributed by atoms with E-state index in [-0.39, 0.29) is 13.0 Å². The van der Waals surface area contributed by atoms with Crippen molar-refractivity contribution < 1.29 is 19.4 Å². The highest BCUT2D eigenvalue weighted by Crippen LogP contribution is 2.20. The number of amides is 2. The van der Waals surface area contributed by atoms with Crippen molar-refractivity contribution in [2.45, 2.75) is 18.5 Å². The van der Waals surface area contributed by atoms with Crippen LogP contribution in [0.5, 0.6) is 5.75 Å². The van der Waals surface area contributed by atoms with E-state index in [1.54, 1.807) is 24.3 Å². The monoisotopic (exact) mass is 443 g/mol. The van der Waals surface area contributed by atoms with Crippen LogP contribution < -0.4 is 15.4 Å². The fourth-order valence-electron chi connectivity index (χ4n) is 3.69. The number of aromatic amines is 1. The number of fused-ring (bicyclic) bond motifs is 1. The number of aromatic nitrogens is 1. The van der Waals surface area contributed by atoms with Crippen LogP contribution in [-0.2, 0) is 11.2 Å². The van der Waals surface area contributed by atoms with Gasteiger partial charge in [-0.1, -0.05) is 66.7 Å². The molecule has 0 spiro atoms. The SMILES string of the molecule is O=C(N[C@H](Cc1c[nH]c2ccccc12)C(=O)NC(CO)c1ccccc1)Oc1ccccc1. The minimum absolute atomic E-state index is 0.243. The number of aliphatic hydroxyl groups excluding tert-OH is 1. The number of benzene rings is 3. The van der Waals surface area contributed by atoms with Gasteiger partial charge in [0.15, 0.2) is 0 Å². The summed E-state index contributed by atoms with van der Waals surface area (Å²) in [7, 11) is 0. The Balaban J connectivity index is 1.54. The molecule has 1 aromatic heterocycles. The predicted molar refractivity (Wildman–Crippen MR) is 126 cm³/mol. The maximum atomic E-state index is 13.2. The van der Waals surface area contributed by atoms with Crippen LogP contribution in [0.2, 0.25) is 0 Å². The van der Waals surface area contributed by atoms with E-state index < -0.39 is 24.1 Å². The lowest BCUT2D eigenvalue weighted by Crippen LogP contribution is -2.50. The van der Waals surface area contributed by atoms with Crippen molar-refractivity contribution >= 4 is 22.9 Å². The van der Waals surface area contributed by atoms with E-state index in [1.165, 1.54) is 0 Å². The van der Waals surface area contributed by atoms with Crippen LogP contribution in [0.1, 0.15) is 17.2 Å². The molecule has 0 fully saturated rings. The second-order valence-electron chi connectivity index (χ2n) is 7.62. The van der Waals surface area contributed by atoms with E-state index in [0.29, 0.717) is 5.75 Å². The summed E-state index contributed by atoms with van der Waals surface area (Å²) in [5.41, 5.74) is 2.59. The topological polar surface area (TPSA) is 103 Å². The van der Waals surface area contributed by atoms with Crippen molar-refractivity contribution in [3.05, 3.63) is 102 Å². The average Bonchev–Trinajstić information content (AvgIpc) is 3.26. The molecule has 4 rings (SSSR count). The van der Waals surface area contributed by atoms with E-state index >= 15 is 0 Å². The first-order chi connectivity index (χ1) is 16.1. The number of hydrogen-bond donors (Lipinski definition) is 4. The zero-order valence-electron chi connectivity index (χ0n) is 17.9. The number of H-pyrrole nitrogens is 1. The number of para-hydroxylation sites is 2. The molecule has 2 amide bonds. The molecule has 1 heterocycles. The number of aliphatic hydroxyl groups is 1. The normalized spacial score (nSPS) is 12.6. The largest absolute Gasteiger partial charge is 0.413 e. The molecule has 33 heavy (non-hydrogen) atoms. The summed E-state index contributed by atoms with van der Waals surface area (Å²) in [5.74, 6) is -0.0491. The van der Waals surface area contributed by atoms with Gasteiger partial charge >= 0.3 is 6.09 Å². The molecule has 0 aliphatic carbocycles. The lowest BCUT2D eigenvalue weighted by molar-refractivity contribution is -0.124. The van der Waals surface area contributed by atoms with Crippen molar-refractivity contribution in [3.63, 3.8) is 0 Å². The molecule has 0 saturated carbocycles. The maximum absolute atomic E-state index is 13.2. The molecule has 7 nitrogen and oxygen atoms in total. The highest BCUT2D eigenvalue weighted by Gasteiger charge is 2.26. The van der Waals surface area contributed by atoms with E-state index in [1.807, 2.05) is 66.9 Å². The summed E-state index contributed by atoms with van der Waals surface area (Å²) >= 11 is 0. The maximum Gasteiger partial charge on any atom is 0.413 e. The fraction of sp³-hybridized carbons (Fsp3) is 0.154. The first-order valence-corrected chi connectivity index (χ1v) is 10.7. The van der Waals surface area contributed by atoms with Crippen molar-refractivity contribution in [2.75, 3.05) is 6.61 Å². The molecular formula is C26H25N3O4. The molecule has 1 unspecified atom stereocenters. The molecule has 4 N–H and O–H groups in total. The third-order valence-electron chi connectivity index (χ3n) is 5.36. The van der Waals surface area contributed by atoms with Crippen LogP contribution in [-0.4, -0.2) is 34.7 Å². The highest BCUT2D eigenvalue weighted by atomic mass is 16.6. The number of ether oxygens (including phenoxy) is 1. The van der Waals surface area contributed by atoms with E-state index in [0.717, 1.165) is 22.0 Å². The van der Waals surface area contributed by atoms with Gasteiger partial charge in [0, 0.05) is 23.5 Å². The molecule has 0 aliphatic rings. The number of carbonyl (C=O) groups is 2. The van der Waals surface area contributed by atoms with Crippen molar-refractivity contribution in [1.29, 1.82) is 0 Å². The Morgan fingerprint density at radius 2 is 1.55 bits per heavy atom. The van der Waals surface area contributed by atoms with Crippen LogP contribution in [0.15, 0.2) is 91.1 Å². The molecule has 3 aromatic carbocycles. The van der Waals surface area contributed by atoms with Gasteiger partial charge in [-0.25, -0.2) is 4.79 Å². The number of hydrogen-bond acceptors (Lipinski definition) is 4. The Bertz CT molecular complexity index is 1210. The van der Waals surface area contributed by atoms with Gasteiger partial charge in [-0.2, -0.15) is 0 Å². The Morgan fingerprint density at radius 3 is 2.27 bits per heavy atom. The second kappa shape index (κ2) is 10.5. The van der Waals surface area contributed by atoms with Crippen molar-refractivity contribution in [2.24, 2.45) is 0 Å². The zero-order valence-corrected chi connectivity index (χ0v) is 17.9. The molecule has 0 aliphatic heterocycles. The summed E-state index contributed by atoms with van der Waals surface area (Å²) in [6.45, 7) is -0.274. The molecule has 0 saturated heterocycles. The summed E-state index contributed by atoms with van der Waals surface area (Å²) in [4.78, 5) is 29.0. The van der Waals surface area contributed by atoms with Gasteiger partial charge in [0.2, 0.25) is 5.91 Å². The minimum atomic E-state index is -0.918. The third kappa shape index (κ3) is 5.58. The zero-order chi connectivity index (χ0) is 23.0. The number of rotatable bonds is 8. The van der Waals surface area contributed by atoms with Gasteiger partial charge in [-0.3, -0.25) is 4.79 Å². The first kappa shape index (κ1) is 22.1. The van der Waals surface area contributed by atoms with Gasteiger partial charge in [0.25, 0.3) is 0 Å². The van der Waals surface area contributed by atoms with E-state index in [2.05, 4.69) is 15.6 Å². The van der Waals surface area contributed by atoms with Gasteiger partial charge in [0.1, 0.15) is 11.8 Å². The standard InChI is InChI=1S/C26H25N3O4/c30-17-24(18-9-3-1-4-10-18)28-25(31)23(29-26(32)33-20-11-5-2-6-12-20)15-19-16-27-22-14-8-7-13-21(19)22/h1-14,16,23-24,27,30H,15,17H2,(H,28,31)(H,29,32)/t23-,24?/m1/s1.